The van der Waals surface area contributed by atoms with E-state index in [4.69, 9.17) is 4.74 Å². The predicted molar refractivity (Wildman–Crippen MR) is 93.5 cm³/mol. The van der Waals surface area contributed by atoms with Gasteiger partial charge in [-0.1, -0.05) is 26.0 Å². The van der Waals surface area contributed by atoms with Gasteiger partial charge in [0.05, 0.1) is 12.1 Å². The summed E-state index contributed by atoms with van der Waals surface area (Å²) in [6, 6.07) is 8.04. The molecular formula is C19H30N2O2. The first kappa shape index (κ1) is 17.8. The average molecular weight is 318 g/mol. The predicted octanol–water partition coefficient (Wildman–Crippen LogP) is 3.07. The lowest BCUT2D eigenvalue weighted by atomic mass is 9.91. The molecule has 1 amide bonds. The molecule has 0 spiro atoms. The Bertz CT molecular complexity index is 503. The van der Waals surface area contributed by atoms with Crippen LogP contribution in [0.5, 0.6) is 5.75 Å². The fraction of sp³-hybridized carbons (Fsp3) is 0.632. The van der Waals surface area contributed by atoms with Crippen molar-refractivity contribution < 1.29 is 9.53 Å². The Morgan fingerprint density at radius 2 is 1.87 bits per heavy atom. The van der Waals surface area contributed by atoms with E-state index in [1.54, 1.807) is 0 Å². The zero-order chi connectivity index (χ0) is 16.9. The number of amides is 1. The minimum Gasteiger partial charge on any atom is -0.493 e. The van der Waals surface area contributed by atoms with Gasteiger partial charge in [-0.2, -0.15) is 0 Å². The maximum atomic E-state index is 12.5. The molecule has 1 fully saturated rings. The lowest BCUT2D eigenvalue weighted by Gasteiger charge is -2.31. The van der Waals surface area contributed by atoms with E-state index < -0.39 is 0 Å². The van der Waals surface area contributed by atoms with E-state index >= 15 is 0 Å². The third-order valence-electron chi connectivity index (χ3n) is 4.30. The Labute approximate surface area is 140 Å². The van der Waals surface area contributed by atoms with E-state index in [2.05, 4.69) is 38.3 Å². The van der Waals surface area contributed by atoms with Crippen molar-refractivity contribution in [2.75, 3.05) is 19.7 Å². The Balaban J connectivity index is 1.96. The van der Waals surface area contributed by atoms with Gasteiger partial charge < -0.3 is 15.4 Å². The topological polar surface area (TPSA) is 50.4 Å². The van der Waals surface area contributed by atoms with Crippen LogP contribution in [0.1, 0.15) is 46.1 Å². The van der Waals surface area contributed by atoms with Gasteiger partial charge >= 0.3 is 0 Å². The van der Waals surface area contributed by atoms with Gasteiger partial charge in [0.25, 0.3) is 0 Å². The monoisotopic (exact) mass is 318 g/mol. The van der Waals surface area contributed by atoms with Crippen molar-refractivity contribution in [2.45, 2.75) is 46.1 Å². The summed E-state index contributed by atoms with van der Waals surface area (Å²) >= 11 is 0. The zero-order valence-electron chi connectivity index (χ0n) is 14.8. The van der Waals surface area contributed by atoms with Crippen LogP contribution in [0.25, 0.3) is 0 Å². The number of hydrogen-bond acceptors (Lipinski definition) is 3. The van der Waals surface area contributed by atoms with Crippen LogP contribution in [0, 0.1) is 11.8 Å². The number of piperidine rings is 1. The highest BCUT2D eigenvalue weighted by molar-refractivity contribution is 5.79. The first-order valence-electron chi connectivity index (χ1n) is 8.64. The highest BCUT2D eigenvalue weighted by Gasteiger charge is 2.28. The summed E-state index contributed by atoms with van der Waals surface area (Å²) in [4.78, 5) is 12.5. The first-order chi connectivity index (χ1) is 10.9. The summed E-state index contributed by atoms with van der Waals surface area (Å²) in [5.74, 6) is 1.68. The van der Waals surface area contributed by atoms with Gasteiger partial charge in [0.15, 0.2) is 0 Å². The van der Waals surface area contributed by atoms with Gasteiger partial charge in [0.2, 0.25) is 5.91 Å². The van der Waals surface area contributed by atoms with Crippen LogP contribution in [0.3, 0.4) is 0 Å². The molecule has 1 aromatic carbocycles. The van der Waals surface area contributed by atoms with E-state index in [-0.39, 0.29) is 17.4 Å². The van der Waals surface area contributed by atoms with E-state index in [1.165, 1.54) is 0 Å². The van der Waals surface area contributed by atoms with E-state index in [0.717, 1.165) is 43.9 Å². The smallest absolute Gasteiger partial charge is 0.223 e. The Kier molecular flexibility index (Phi) is 6.05. The average Bonchev–Trinajstić information content (AvgIpc) is 2.53. The summed E-state index contributed by atoms with van der Waals surface area (Å²) in [5.41, 5.74) is 0.718. The molecule has 1 heterocycles. The normalized spacial score (nSPS) is 16.4. The molecule has 1 saturated heterocycles. The second-order valence-electron chi connectivity index (χ2n) is 7.37. The fourth-order valence-corrected chi connectivity index (χ4v) is 2.80. The number of carbonyl (C=O) groups excluding carboxylic acids is 1. The SMILES string of the molecule is CC(C)COc1ccc(C(C)(C)NC(=O)C2CCNCC2)cc1. The van der Waals surface area contributed by atoms with Crippen molar-refractivity contribution in [3.63, 3.8) is 0 Å². The molecule has 128 valence electrons. The molecule has 0 aliphatic carbocycles. The number of hydrogen-bond donors (Lipinski definition) is 2. The molecule has 0 radical (unpaired) electrons. The van der Waals surface area contributed by atoms with Crippen molar-refractivity contribution >= 4 is 5.91 Å². The fourth-order valence-electron chi connectivity index (χ4n) is 2.80. The van der Waals surface area contributed by atoms with Crippen LogP contribution in [0.15, 0.2) is 24.3 Å². The van der Waals surface area contributed by atoms with Crippen LogP contribution in [0.2, 0.25) is 0 Å². The Morgan fingerprint density at radius 3 is 2.43 bits per heavy atom. The third kappa shape index (κ3) is 5.24. The van der Waals surface area contributed by atoms with E-state index in [1.807, 2.05) is 24.3 Å². The van der Waals surface area contributed by atoms with Gasteiger partial charge in [0.1, 0.15) is 5.75 Å². The summed E-state index contributed by atoms with van der Waals surface area (Å²) in [6.07, 6.45) is 1.84. The highest BCUT2D eigenvalue weighted by atomic mass is 16.5. The van der Waals surface area contributed by atoms with Crippen molar-refractivity contribution in [1.29, 1.82) is 0 Å². The molecule has 0 bridgehead atoms. The second kappa shape index (κ2) is 7.82. The summed E-state index contributed by atoms with van der Waals surface area (Å²) in [6.45, 7) is 10.9. The molecule has 1 aromatic rings. The molecule has 0 atom stereocenters. The number of rotatable bonds is 6. The van der Waals surface area contributed by atoms with Crippen molar-refractivity contribution in [3.05, 3.63) is 29.8 Å². The van der Waals surface area contributed by atoms with Crippen LogP contribution < -0.4 is 15.4 Å². The van der Waals surface area contributed by atoms with Gasteiger partial charge in [-0.15, -0.1) is 0 Å². The minimum atomic E-state index is -0.376. The van der Waals surface area contributed by atoms with Crippen molar-refractivity contribution in [1.82, 2.24) is 10.6 Å². The third-order valence-corrected chi connectivity index (χ3v) is 4.30. The molecule has 0 saturated carbocycles. The van der Waals surface area contributed by atoms with Crippen LogP contribution >= 0.6 is 0 Å². The van der Waals surface area contributed by atoms with Crippen molar-refractivity contribution in [2.24, 2.45) is 11.8 Å². The molecule has 2 rings (SSSR count). The summed E-state index contributed by atoms with van der Waals surface area (Å²) in [7, 11) is 0. The number of benzene rings is 1. The number of ether oxygens (including phenoxy) is 1. The molecule has 23 heavy (non-hydrogen) atoms. The molecule has 0 unspecified atom stereocenters. The minimum absolute atomic E-state index is 0.129. The highest BCUT2D eigenvalue weighted by Crippen LogP contribution is 2.24. The van der Waals surface area contributed by atoms with Gasteiger partial charge in [-0.05, 0) is 63.4 Å². The van der Waals surface area contributed by atoms with Crippen molar-refractivity contribution in [3.8, 4) is 5.75 Å². The van der Waals surface area contributed by atoms with Gasteiger partial charge in [-0.25, -0.2) is 0 Å². The zero-order valence-corrected chi connectivity index (χ0v) is 14.8. The molecule has 4 heteroatoms. The second-order valence-corrected chi connectivity index (χ2v) is 7.37. The Morgan fingerprint density at radius 1 is 1.26 bits per heavy atom. The van der Waals surface area contributed by atoms with Gasteiger partial charge in [-0.3, -0.25) is 4.79 Å². The summed E-state index contributed by atoms with van der Waals surface area (Å²) in [5, 5.41) is 6.50. The lowest BCUT2D eigenvalue weighted by molar-refractivity contribution is -0.127. The van der Waals surface area contributed by atoms with Crippen LogP contribution in [-0.2, 0) is 10.3 Å². The maximum Gasteiger partial charge on any atom is 0.223 e. The molecule has 0 aromatic heterocycles. The lowest BCUT2D eigenvalue weighted by Crippen LogP contribution is -2.46. The molecular weight excluding hydrogens is 288 g/mol. The van der Waals surface area contributed by atoms with Crippen LogP contribution in [-0.4, -0.2) is 25.6 Å². The molecule has 1 aliphatic rings. The largest absolute Gasteiger partial charge is 0.493 e. The maximum absolute atomic E-state index is 12.5. The molecule has 1 aliphatic heterocycles. The quantitative estimate of drug-likeness (QED) is 0.847. The van der Waals surface area contributed by atoms with E-state index in [0.29, 0.717) is 5.92 Å². The number of nitrogens with one attached hydrogen (secondary N) is 2. The first-order valence-corrected chi connectivity index (χ1v) is 8.64. The van der Waals surface area contributed by atoms with Crippen LogP contribution in [0.4, 0.5) is 0 Å². The Hall–Kier alpha value is -1.55. The van der Waals surface area contributed by atoms with Gasteiger partial charge in [0, 0.05) is 5.92 Å². The van der Waals surface area contributed by atoms with E-state index in [9.17, 15) is 4.79 Å². The molecule has 4 nitrogen and oxygen atoms in total. The number of carbonyl (C=O) groups is 1. The standard InChI is InChI=1S/C19H30N2O2/c1-14(2)13-23-17-7-5-16(6-8-17)19(3,4)21-18(22)15-9-11-20-12-10-15/h5-8,14-15,20H,9-13H2,1-4H3,(H,21,22). The molecule has 2 N–H and O–H groups in total. The summed E-state index contributed by atoms with van der Waals surface area (Å²) < 4.78 is 5.72.